The number of aromatic nitrogens is 2. The Morgan fingerprint density at radius 2 is 2.00 bits per heavy atom. The Bertz CT molecular complexity index is 445. The summed E-state index contributed by atoms with van der Waals surface area (Å²) in [5.41, 5.74) is 0. The van der Waals surface area contributed by atoms with Crippen LogP contribution in [0, 0.1) is 0 Å². The number of rotatable bonds is 5. The maximum absolute atomic E-state index is 5.48. The van der Waals surface area contributed by atoms with E-state index in [0.717, 1.165) is 63.9 Å². The van der Waals surface area contributed by atoms with Gasteiger partial charge in [0.15, 0.2) is 5.82 Å². The second-order valence-electron chi connectivity index (χ2n) is 6.36. The van der Waals surface area contributed by atoms with Gasteiger partial charge in [-0.2, -0.15) is 4.98 Å². The SMILES string of the molecule is CCCc1noc(CN2CCCN(C3CCOCC3)CC2)n1. The van der Waals surface area contributed by atoms with Crippen LogP contribution in [0.2, 0.25) is 0 Å². The lowest BCUT2D eigenvalue weighted by Gasteiger charge is -2.33. The Balaban J connectivity index is 1.49. The van der Waals surface area contributed by atoms with Gasteiger partial charge in [0.2, 0.25) is 5.89 Å². The summed E-state index contributed by atoms with van der Waals surface area (Å²) in [6, 6.07) is 0.716. The van der Waals surface area contributed by atoms with Gasteiger partial charge in [-0.3, -0.25) is 9.80 Å². The first-order valence-corrected chi connectivity index (χ1v) is 8.70. The minimum atomic E-state index is 0.716. The topological polar surface area (TPSA) is 54.6 Å². The average Bonchev–Trinajstić information content (AvgIpc) is 2.85. The van der Waals surface area contributed by atoms with Crippen molar-refractivity contribution in [2.75, 3.05) is 39.4 Å². The van der Waals surface area contributed by atoms with Crippen LogP contribution in [-0.2, 0) is 17.7 Å². The predicted octanol–water partition coefficient (Wildman–Crippen LogP) is 1.71. The van der Waals surface area contributed by atoms with Crippen molar-refractivity contribution in [2.45, 2.75) is 51.6 Å². The molecule has 1 aromatic heterocycles. The smallest absolute Gasteiger partial charge is 0.240 e. The van der Waals surface area contributed by atoms with Crippen molar-refractivity contribution in [3.05, 3.63) is 11.7 Å². The Kier molecular flexibility index (Phi) is 5.81. The van der Waals surface area contributed by atoms with Crippen LogP contribution >= 0.6 is 0 Å². The molecule has 2 fully saturated rings. The third-order valence-electron chi connectivity index (χ3n) is 4.67. The van der Waals surface area contributed by atoms with E-state index < -0.39 is 0 Å². The third kappa shape index (κ3) is 4.27. The van der Waals surface area contributed by atoms with Crippen molar-refractivity contribution >= 4 is 0 Å². The van der Waals surface area contributed by atoms with Gasteiger partial charge in [0.1, 0.15) is 0 Å². The number of ether oxygens (including phenoxy) is 1. The van der Waals surface area contributed by atoms with Gasteiger partial charge in [-0.15, -0.1) is 0 Å². The molecule has 3 heterocycles. The van der Waals surface area contributed by atoms with Gasteiger partial charge < -0.3 is 9.26 Å². The van der Waals surface area contributed by atoms with Crippen molar-refractivity contribution in [3.63, 3.8) is 0 Å². The first-order valence-electron chi connectivity index (χ1n) is 8.70. The third-order valence-corrected chi connectivity index (χ3v) is 4.67. The zero-order valence-corrected chi connectivity index (χ0v) is 13.7. The number of hydrogen-bond acceptors (Lipinski definition) is 6. The van der Waals surface area contributed by atoms with E-state index in [9.17, 15) is 0 Å². The van der Waals surface area contributed by atoms with E-state index in [1.807, 2.05) is 0 Å². The monoisotopic (exact) mass is 308 g/mol. The molecule has 2 saturated heterocycles. The van der Waals surface area contributed by atoms with Gasteiger partial charge in [-0.1, -0.05) is 12.1 Å². The van der Waals surface area contributed by atoms with E-state index in [1.165, 1.54) is 25.8 Å². The summed E-state index contributed by atoms with van der Waals surface area (Å²) in [5.74, 6) is 1.61. The van der Waals surface area contributed by atoms with E-state index in [4.69, 9.17) is 9.26 Å². The summed E-state index contributed by atoms with van der Waals surface area (Å²) in [5, 5.41) is 4.05. The molecule has 6 nitrogen and oxygen atoms in total. The summed E-state index contributed by atoms with van der Waals surface area (Å²) < 4.78 is 10.9. The van der Waals surface area contributed by atoms with Gasteiger partial charge >= 0.3 is 0 Å². The highest BCUT2D eigenvalue weighted by Gasteiger charge is 2.24. The molecular weight excluding hydrogens is 280 g/mol. The molecule has 0 atom stereocenters. The first-order chi connectivity index (χ1) is 10.8. The lowest BCUT2D eigenvalue weighted by Crippen LogP contribution is -2.41. The highest BCUT2D eigenvalue weighted by Crippen LogP contribution is 2.17. The lowest BCUT2D eigenvalue weighted by molar-refractivity contribution is 0.0352. The zero-order chi connectivity index (χ0) is 15.2. The molecule has 0 spiro atoms. The molecule has 0 aliphatic carbocycles. The summed E-state index contributed by atoms with van der Waals surface area (Å²) >= 11 is 0. The van der Waals surface area contributed by atoms with Crippen LogP contribution in [-0.4, -0.2) is 65.4 Å². The van der Waals surface area contributed by atoms with Gasteiger partial charge in [0, 0.05) is 38.8 Å². The Labute approximate surface area is 132 Å². The van der Waals surface area contributed by atoms with Crippen molar-refractivity contribution in [1.29, 1.82) is 0 Å². The quantitative estimate of drug-likeness (QED) is 0.825. The van der Waals surface area contributed by atoms with Crippen LogP contribution in [0.25, 0.3) is 0 Å². The Morgan fingerprint density at radius 1 is 1.14 bits per heavy atom. The zero-order valence-electron chi connectivity index (χ0n) is 13.7. The van der Waals surface area contributed by atoms with Gasteiger partial charge in [-0.25, -0.2) is 0 Å². The van der Waals surface area contributed by atoms with Crippen LogP contribution in [0.3, 0.4) is 0 Å². The molecule has 0 radical (unpaired) electrons. The molecule has 0 bridgehead atoms. The van der Waals surface area contributed by atoms with Gasteiger partial charge in [-0.05, 0) is 38.8 Å². The number of nitrogens with zero attached hydrogens (tertiary/aromatic N) is 4. The van der Waals surface area contributed by atoms with E-state index in [1.54, 1.807) is 0 Å². The Hall–Kier alpha value is -0.980. The largest absolute Gasteiger partial charge is 0.381 e. The van der Waals surface area contributed by atoms with Crippen LogP contribution < -0.4 is 0 Å². The molecule has 3 rings (SSSR count). The molecule has 2 aliphatic rings. The second-order valence-corrected chi connectivity index (χ2v) is 6.36. The van der Waals surface area contributed by atoms with Crippen LogP contribution in [0.1, 0.15) is 44.3 Å². The maximum atomic E-state index is 5.48. The molecule has 6 heteroatoms. The fourth-order valence-electron chi connectivity index (χ4n) is 3.44. The molecule has 2 aliphatic heterocycles. The highest BCUT2D eigenvalue weighted by molar-refractivity contribution is 4.87. The second kappa shape index (κ2) is 8.04. The summed E-state index contributed by atoms with van der Waals surface area (Å²) in [6.07, 6.45) is 5.55. The van der Waals surface area contributed by atoms with E-state index >= 15 is 0 Å². The minimum absolute atomic E-state index is 0.716. The van der Waals surface area contributed by atoms with Gasteiger partial charge in [0.25, 0.3) is 0 Å². The van der Waals surface area contributed by atoms with Crippen molar-refractivity contribution in [2.24, 2.45) is 0 Å². The average molecular weight is 308 g/mol. The molecule has 0 saturated carbocycles. The van der Waals surface area contributed by atoms with E-state index in [0.29, 0.717) is 6.04 Å². The fourth-order valence-corrected chi connectivity index (χ4v) is 3.44. The molecular formula is C16H28N4O2. The summed E-state index contributed by atoms with van der Waals surface area (Å²) in [6.45, 7) is 9.31. The number of hydrogen-bond donors (Lipinski definition) is 0. The standard InChI is InChI=1S/C16H28N4O2/c1-2-4-15-17-16(22-18-15)13-19-7-3-8-20(10-9-19)14-5-11-21-12-6-14/h14H,2-13H2,1H3. The highest BCUT2D eigenvalue weighted by atomic mass is 16.5. The lowest BCUT2D eigenvalue weighted by atomic mass is 10.1. The molecule has 0 N–H and O–H groups in total. The normalized spacial score (nSPS) is 22.8. The molecule has 0 unspecified atom stereocenters. The summed E-state index contributed by atoms with van der Waals surface area (Å²) in [4.78, 5) is 9.58. The minimum Gasteiger partial charge on any atom is -0.381 e. The van der Waals surface area contributed by atoms with E-state index in [-0.39, 0.29) is 0 Å². The van der Waals surface area contributed by atoms with Crippen LogP contribution in [0.4, 0.5) is 0 Å². The maximum Gasteiger partial charge on any atom is 0.240 e. The molecule has 0 amide bonds. The van der Waals surface area contributed by atoms with E-state index in [2.05, 4.69) is 26.9 Å². The van der Waals surface area contributed by atoms with Crippen molar-refractivity contribution in [1.82, 2.24) is 19.9 Å². The van der Waals surface area contributed by atoms with Crippen LogP contribution in [0.5, 0.6) is 0 Å². The van der Waals surface area contributed by atoms with Crippen molar-refractivity contribution < 1.29 is 9.26 Å². The molecule has 124 valence electrons. The number of aryl methyl sites for hydroxylation is 1. The molecule has 1 aromatic rings. The molecule has 22 heavy (non-hydrogen) atoms. The van der Waals surface area contributed by atoms with Crippen molar-refractivity contribution in [3.8, 4) is 0 Å². The molecule has 0 aromatic carbocycles. The fraction of sp³-hybridized carbons (Fsp3) is 0.875. The Morgan fingerprint density at radius 3 is 2.82 bits per heavy atom. The van der Waals surface area contributed by atoms with Crippen LogP contribution in [0.15, 0.2) is 4.52 Å². The predicted molar refractivity (Wildman–Crippen MR) is 83.6 cm³/mol. The first kappa shape index (κ1) is 15.9. The summed E-state index contributed by atoms with van der Waals surface area (Å²) in [7, 11) is 0. The van der Waals surface area contributed by atoms with Gasteiger partial charge in [0.05, 0.1) is 6.54 Å².